The highest BCUT2D eigenvalue weighted by Gasteiger charge is 2.25. The number of hydrogen-bond donors (Lipinski definition) is 1. The van der Waals surface area contributed by atoms with Gasteiger partial charge in [-0.15, -0.1) is 0 Å². The highest BCUT2D eigenvalue weighted by Crippen LogP contribution is 2.17. The first kappa shape index (κ1) is 14.9. The second kappa shape index (κ2) is 6.81. The summed E-state index contributed by atoms with van der Waals surface area (Å²) in [6, 6.07) is 4.22. The van der Waals surface area contributed by atoms with Crippen molar-refractivity contribution < 1.29 is 9.18 Å². The third-order valence-electron chi connectivity index (χ3n) is 3.44. The van der Waals surface area contributed by atoms with Gasteiger partial charge in [-0.2, -0.15) is 5.10 Å². The molecule has 0 bridgehead atoms. The molecule has 2 rings (SSSR count). The van der Waals surface area contributed by atoms with Crippen molar-refractivity contribution in [3.8, 4) is 0 Å². The molecule has 1 saturated heterocycles. The van der Waals surface area contributed by atoms with E-state index >= 15 is 0 Å². The second-order valence-corrected chi connectivity index (χ2v) is 5.27. The van der Waals surface area contributed by atoms with Gasteiger partial charge in [-0.3, -0.25) is 9.69 Å². The van der Waals surface area contributed by atoms with Crippen molar-refractivity contribution in [2.75, 3.05) is 13.6 Å². The van der Waals surface area contributed by atoms with Gasteiger partial charge in [0, 0.05) is 5.56 Å². The Morgan fingerprint density at radius 3 is 3.05 bits per heavy atom. The predicted molar refractivity (Wildman–Crippen MR) is 77.4 cm³/mol. The molecule has 1 N–H and O–H groups in total. The van der Waals surface area contributed by atoms with Gasteiger partial charge in [0.05, 0.1) is 17.3 Å². The lowest BCUT2D eigenvalue weighted by atomic mass is 10.0. The Balaban J connectivity index is 1.97. The number of carbonyl (C=O) groups excluding carboxylic acids is 1. The molecule has 0 spiro atoms. The molecule has 1 aliphatic heterocycles. The number of nitrogens with one attached hydrogen (secondary N) is 1. The molecule has 6 heteroatoms. The molecule has 1 unspecified atom stereocenters. The number of likely N-dealkylation sites (tertiary alicyclic amines) is 1. The summed E-state index contributed by atoms with van der Waals surface area (Å²) in [4.78, 5) is 14.0. The zero-order valence-electron chi connectivity index (χ0n) is 11.3. The fraction of sp³-hybridized carbons (Fsp3) is 0.429. The van der Waals surface area contributed by atoms with Crippen LogP contribution in [0, 0.1) is 5.82 Å². The van der Waals surface area contributed by atoms with Gasteiger partial charge < -0.3 is 0 Å². The standard InChI is InChI=1S/C14H17ClFN3O/c1-19-8-3-2-7-13(19)14(20)18-17-9-10-11(15)5-4-6-12(10)16/h4-6,9,13H,2-3,7-8H2,1H3,(H,18,20). The molecule has 4 nitrogen and oxygen atoms in total. The van der Waals surface area contributed by atoms with E-state index in [1.54, 1.807) is 6.07 Å². The van der Waals surface area contributed by atoms with E-state index < -0.39 is 5.82 Å². The van der Waals surface area contributed by atoms with Crippen LogP contribution in [0.3, 0.4) is 0 Å². The minimum absolute atomic E-state index is 0.169. The Morgan fingerprint density at radius 2 is 2.35 bits per heavy atom. The number of nitrogens with zero attached hydrogens (tertiary/aromatic N) is 2. The molecule has 0 radical (unpaired) electrons. The van der Waals surface area contributed by atoms with Crippen molar-refractivity contribution in [2.45, 2.75) is 25.3 Å². The van der Waals surface area contributed by atoms with Crippen LogP contribution >= 0.6 is 11.6 Å². The molecular weight excluding hydrogens is 281 g/mol. The van der Waals surface area contributed by atoms with E-state index in [9.17, 15) is 9.18 Å². The maximum absolute atomic E-state index is 13.5. The van der Waals surface area contributed by atoms with Crippen molar-refractivity contribution in [3.63, 3.8) is 0 Å². The van der Waals surface area contributed by atoms with Crippen LogP contribution in [0.5, 0.6) is 0 Å². The van der Waals surface area contributed by atoms with E-state index in [1.165, 1.54) is 18.3 Å². The number of rotatable bonds is 3. The third-order valence-corrected chi connectivity index (χ3v) is 3.77. The summed E-state index contributed by atoms with van der Waals surface area (Å²) in [6.45, 7) is 0.904. The average molecular weight is 298 g/mol. The van der Waals surface area contributed by atoms with Crippen LogP contribution in [-0.2, 0) is 4.79 Å². The van der Waals surface area contributed by atoms with Gasteiger partial charge in [0.15, 0.2) is 0 Å². The summed E-state index contributed by atoms with van der Waals surface area (Å²) in [6.07, 6.45) is 4.19. The number of amides is 1. The highest BCUT2D eigenvalue weighted by molar-refractivity contribution is 6.33. The molecule has 0 aromatic heterocycles. The van der Waals surface area contributed by atoms with Crippen LogP contribution in [0.1, 0.15) is 24.8 Å². The number of hydrazone groups is 1. The molecule has 0 aliphatic carbocycles. The van der Waals surface area contributed by atoms with Crippen molar-refractivity contribution in [1.29, 1.82) is 0 Å². The molecule has 1 aromatic rings. The molecular formula is C14H17ClFN3O. The van der Waals surface area contributed by atoms with Crippen LogP contribution < -0.4 is 5.43 Å². The van der Waals surface area contributed by atoms with E-state index in [1.807, 2.05) is 11.9 Å². The first-order valence-electron chi connectivity index (χ1n) is 6.57. The van der Waals surface area contributed by atoms with E-state index in [0.29, 0.717) is 0 Å². The van der Waals surface area contributed by atoms with Crippen LogP contribution in [0.15, 0.2) is 23.3 Å². The fourth-order valence-corrected chi connectivity index (χ4v) is 2.49. The Morgan fingerprint density at radius 1 is 1.55 bits per heavy atom. The van der Waals surface area contributed by atoms with E-state index in [2.05, 4.69) is 10.5 Å². The maximum Gasteiger partial charge on any atom is 0.257 e. The monoisotopic (exact) mass is 297 g/mol. The Kier molecular flexibility index (Phi) is 5.09. The second-order valence-electron chi connectivity index (χ2n) is 4.86. The Hall–Kier alpha value is -1.46. The number of piperidine rings is 1. The molecule has 1 fully saturated rings. The highest BCUT2D eigenvalue weighted by atomic mass is 35.5. The summed E-state index contributed by atoms with van der Waals surface area (Å²) < 4.78 is 13.5. The molecule has 1 heterocycles. The van der Waals surface area contributed by atoms with Gasteiger partial charge >= 0.3 is 0 Å². The summed E-state index contributed by atoms with van der Waals surface area (Å²) in [5.41, 5.74) is 2.62. The van der Waals surface area contributed by atoms with Crippen molar-refractivity contribution in [2.24, 2.45) is 5.10 Å². The fourth-order valence-electron chi connectivity index (χ4n) is 2.28. The topological polar surface area (TPSA) is 44.7 Å². The van der Waals surface area contributed by atoms with Crippen LogP contribution in [0.4, 0.5) is 4.39 Å². The smallest absolute Gasteiger partial charge is 0.257 e. The number of carbonyl (C=O) groups is 1. The van der Waals surface area contributed by atoms with Crippen LogP contribution in [0.2, 0.25) is 5.02 Å². The zero-order valence-corrected chi connectivity index (χ0v) is 12.0. The van der Waals surface area contributed by atoms with Crippen LogP contribution in [0.25, 0.3) is 0 Å². The van der Waals surface area contributed by atoms with E-state index in [0.717, 1.165) is 25.8 Å². The summed E-state index contributed by atoms with van der Waals surface area (Å²) in [5, 5.41) is 4.06. The SMILES string of the molecule is CN1CCCCC1C(=O)NN=Cc1c(F)cccc1Cl. The molecule has 1 aromatic carbocycles. The Labute approximate surface area is 122 Å². The van der Waals surface area contributed by atoms with Crippen LogP contribution in [-0.4, -0.2) is 36.7 Å². The zero-order chi connectivity index (χ0) is 14.5. The van der Waals surface area contributed by atoms with E-state index in [-0.39, 0.29) is 22.5 Å². The largest absolute Gasteiger partial charge is 0.295 e. The van der Waals surface area contributed by atoms with Gasteiger partial charge in [0.2, 0.25) is 0 Å². The number of benzene rings is 1. The molecule has 1 amide bonds. The third kappa shape index (κ3) is 3.55. The van der Waals surface area contributed by atoms with Gasteiger partial charge in [0.25, 0.3) is 5.91 Å². The summed E-state index contributed by atoms with van der Waals surface area (Å²) in [5.74, 6) is -0.638. The first-order valence-corrected chi connectivity index (χ1v) is 6.94. The minimum Gasteiger partial charge on any atom is -0.295 e. The normalized spacial score (nSPS) is 20.2. The lowest BCUT2D eigenvalue weighted by Crippen LogP contribution is -2.46. The van der Waals surface area contributed by atoms with Gasteiger partial charge in [-0.25, -0.2) is 9.82 Å². The first-order chi connectivity index (χ1) is 9.59. The maximum atomic E-state index is 13.5. The number of halogens is 2. The number of likely N-dealkylation sites (N-methyl/N-ethyl adjacent to an activating group) is 1. The lowest BCUT2D eigenvalue weighted by Gasteiger charge is -2.30. The average Bonchev–Trinajstić information content (AvgIpc) is 2.42. The quantitative estimate of drug-likeness (QED) is 0.688. The molecule has 1 aliphatic rings. The van der Waals surface area contributed by atoms with Crippen molar-refractivity contribution in [1.82, 2.24) is 10.3 Å². The van der Waals surface area contributed by atoms with Gasteiger partial charge in [-0.05, 0) is 38.6 Å². The minimum atomic E-state index is -0.467. The lowest BCUT2D eigenvalue weighted by molar-refractivity contribution is -0.126. The van der Waals surface area contributed by atoms with E-state index in [4.69, 9.17) is 11.6 Å². The van der Waals surface area contributed by atoms with Crippen molar-refractivity contribution in [3.05, 3.63) is 34.6 Å². The summed E-state index contributed by atoms with van der Waals surface area (Å²) in [7, 11) is 1.92. The Bertz CT molecular complexity index is 501. The predicted octanol–water partition coefficient (Wildman–Crippen LogP) is 2.41. The van der Waals surface area contributed by atoms with Gasteiger partial charge in [0.1, 0.15) is 5.82 Å². The molecule has 108 valence electrons. The van der Waals surface area contributed by atoms with Gasteiger partial charge in [-0.1, -0.05) is 24.1 Å². The molecule has 0 saturated carbocycles. The summed E-state index contributed by atoms with van der Waals surface area (Å²) >= 11 is 5.86. The van der Waals surface area contributed by atoms with Crippen molar-refractivity contribution >= 4 is 23.7 Å². The molecule has 1 atom stereocenters. The number of hydrogen-bond acceptors (Lipinski definition) is 3. The molecule has 20 heavy (non-hydrogen) atoms.